The minimum Gasteiger partial charge on any atom is -0.394 e. The molecule has 19 heavy (non-hydrogen) atoms. The lowest BCUT2D eigenvalue weighted by molar-refractivity contribution is 0.0829. The van der Waals surface area contributed by atoms with Crippen molar-refractivity contribution in [2.75, 3.05) is 31.7 Å². The van der Waals surface area contributed by atoms with Crippen LogP contribution in [0.2, 0.25) is 0 Å². The van der Waals surface area contributed by atoms with Gasteiger partial charge in [0, 0.05) is 6.54 Å². The number of amides is 1. The van der Waals surface area contributed by atoms with E-state index in [4.69, 9.17) is 15.3 Å². The van der Waals surface area contributed by atoms with Crippen LogP contribution in [0.25, 0.3) is 0 Å². The van der Waals surface area contributed by atoms with Crippen molar-refractivity contribution in [1.29, 1.82) is 0 Å². The van der Waals surface area contributed by atoms with Crippen molar-refractivity contribution in [2.24, 2.45) is 0 Å². The highest BCUT2D eigenvalue weighted by Crippen LogP contribution is 2.12. The van der Waals surface area contributed by atoms with Gasteiger partial charge in [0.05, 0.1) is 19.8 Å². The Morgan fingerprint density at radius 2 is 1.84 bits per heavy atom. The van der Waals surface area contributed by atoms with Gasteiger partial charge in [-0.05, 0) is 19.1 Å². The molecule has 0 aromatic carbocycles. The molecular formula is C11H18N4O4. The molecule has 8 heteroatoms. The van der Waals surface area contributed by atoms with E-state index in [1.807, 2.05) is 0 Å². The Labute approximate surface area is 110 Å². The molecule has 5 N–H and O–H groups in total. The molecule has 1 aromatic heterocycles. The predicted octanol–water partition coefficient (Wildman–Crippen LogP) is -1.65. The summed E-state index contributed by atoms with van der Waals surface area (Å²) in [4.78, 5) is 11.5. The van der Waals surface area contributed by atoms with Crippen LogP contribution in [0, 0.1) is 0 Å². The van der Waals surface area contributed by atoms with Crippen molar-refractivity contribution in [3.05, 3.63) is 17.8 Å². The summed E-state index contributed by atoms with van der Waals surface area (Å²) in [6.07, 6.45) is 0. The molecule has 0 radical (unpaired) electrons. The average molecular weight is 270 g/mol. The molecule has 0 aliphatic rings. The number of carbonyl (C=O) groups is 1. The van der Waals surface area contributed by atoms with Crippen molar-refractivity contribution in [3.8, 4) is 0 Å². The normalized spacial score (nSPS) is 11.2. The number of anilines is 1. The number of aliphatic hydroxyl groups is 3. The molecule has 106 valence electrons. The predicted molar refractivity (Wildman–Crippen MR) is 67.7 cm³/mol. The van der Waals surface area contributed by atoms with Crippen LogP contribution in [0.3, 0.4) is 0 Å². The molecule has 1 heterocycles. The summed E-state index contributed by atoms with van der Waals surface area (Å²) < 4.78 is 0. The van der Waals surface area contributed by atoms with E-state index < -0.39 is 25.4 Å². The zero-order valence-electron chi connectivity index (χ0n) is 10.6. The van der Waals surface area contributed by atoms with Crippen molar-refractivity contribution < 1.29 is 20.1 Å². The fourth-order valence-electron chi connectivity index (χ4n) is 1.31. The summed E-state index contributed by atoms with van der Waals surface area (Å²) in [6, 6.07) is 2.94. The Bertz CT molecular complexity index is 397. The van der Waals surface area contributed by atoms with E-state index in [-0.39, 0.29) is 17.4 Å². The monoisotopic (exact) mass is 270 g/mol. The first-order valence-corrected chi connectivity index (χ1v) is 5.83. The lowest BCUT2D eigenvalue weighted by atomic mass is 10.0. The first-order chi connectivity index (χ1) is 9.10. The number of aromatic nitrogens is 2. The van der Waals surface area contributed by atoms with Crippen LogP contribution in [0.15, 0.2) is 12.1 Å². The highest BCUT2D eigenvalue weighted by Gasteiger charge is 2.28. The van der Waals surface area contributed by atoms with Crippen LogP contribution in [0.1, 0.15) is 17.4 Å². The van der Waals surface area contributed by atoms with Crippen LogP contribution in [-0.4, -0.2) is 63.3 Å². The van der Waals surface area contributed by atoms with E-state index in [0.717, 1.165) is 0 Å². The maximum absolute atomic E-state index is 11.5. The number of hydrogen-bond acceptors (Lipinski definition) is 7. The van der Waals surface area contributed by atoms with Gasteiger partial charge in [0.15, 0.2) is 5.69 Å². The minimum absolute atomic E-state index is 0.162. The Hall–Kier alpha value is -1.77. The summed E-state index contributed by atoms with van der Waals surface area (Å²) in [5.74, 6) is -0.0931. The van der Waals surface area contributed by atoms with Gasteiger partial charge in [-0.1, -0.05) is 0 Å². The average Bonchev–Trinajstić information content (AvgIpc) is 2.46. The fourth-order valence-corrected chi connectivity index (χ4v) is 1.31. The molecule has 0 saturated heterocycles. The maximum Gasteiger partial charge on any atom is 0.271 e. The lowest BCUT2D eigenvalue weighted by Crippen LogP contribution is -2.49. The van der Waals surface area contributed by atoms with Crippen LogP contribution >= 0.6 is 0 Å². The zero-order valence-corrected chi connectivity index (χ0v) is 10.6. The molecule has 0 unspecified atom stereocenters. The Balaban J connectivity index is 2.79. The van der Waals surface area contributed by atoms with E-state index in [2.05, 4.69) is 20.8 Å². The molecule has 0 bridgehead atoms. The number of nitrogens with zero attached hydrogens (tertiary/aromatic N) is 2. The molecular weight excluding hydrogens is 252 g/mol. The standard InChI is InChI=1S/C11H18N4O4/c1-2-12-10(19)8-3-4-9(15-14-8)13-11(5-16,6-17)7-18/h3-4,16-18H,2,5-7H2,1H3,(H,12,19)(H,13,15). The first-order valence-electron chi connectivity index (χ1n) is 5.83. The molecule has 0 aliphatic carbocycles. The van der Waals surface area contributed by atoms with E-state index in [9.17, 15) is 4.79 Å². The molecule has 8 nitrogen and oxygen atoms in total. The van der Waals surface area contributed by atoms with Crippen LogP contribution in [-0.2, 0) is 0 Å². The van der Waals surface area contributed by atoms with E-state index in [1.54, 1.807) is 6.92 Å². The molecule has 0 spiro atoms. The van der Waals surface area contributed by atoms with Gasteiger partial charge >= 0.3 is 0 Å². The molecule has 1 amide bonds. The van der Waals surface area contributed by atoms with E-state index in [1.165, 1.54) is 12.1 Å². The third-order valence-electron chi connectivity index (χ3n) is 2.54. The minimum atomic E-state index is -1.28. The summed E-state index contributed by atoms with van der Waals surface area (Å²) in [7, 11) is 0. The second kappa shape index (κ2) is 6.98. The van der Waals surface area contributed by atoms with Gasteiger partial charge in [-0.15, -0.1) is 10.2 Å². The van der Waals surface area contributed by atoms with Crippen LogP contribution in [0.5, 0.6) is 0 Å². The van der Waals surface area contributed by atoms with Gasteiger partial charge < -0.3 is 26.0 Å². The Kier molecular flexibility index (Phi) is 5.61. The second-order valence-corrected chi connectivity index (χ2v) is 4.04. The highest BCUT2D eigenvalue weighted by molar-refractivity contribution is 5.92. The smallest absolute Gasteiger partial charge is 0.271 e. The van der Waals surface area contributed by atoms with Crippen molar-refractivity contribution >= 4 is 11.7 Å². The first kappa shape index (κ1) is 15.3. The number of aliphatic hydroxyl groups excluding tert-OH is 3. The quantitative estimate of drug-likeness (QED) is 0.402. The molecule has 0 aliphatic heterocycles. The number of nitrogens with one attached hydrogen (secondary N) is 2. The SMILES string of the molecule is CCNC(=O)c1ccc(NC(CO)(CO)CO)nn1. The van der Waals surface area contributed by atoms with Gasteiger partial charge in [0.1, 0.15) is 11.4 Å². The molecule has 0 atom stereocenters. The summed E-state index contributed by atoms with van der Waals surface area (Å²) >= 11 is 0. The number of rotatable bonds is 7. The summed E-state index contributed by atoms with van der Waals surface area (Å²) in [6.45, 7) is 0.863. The van der Waals surface area contributed by atoms with Gasteiger partial charge in [-0.2, -0.15) is 0 Å². The maximum atomic E-state index is 11.5. The van der Waals surface area contributed by atoms with Gasteiger partial charge in [0.25, 0.3) is 5.91 Å². The van der Waals surface area contributed by atoms with E-state index in [0.29, 0.717) is 6.54 Å². The third kappa shape index (κ3) is 3.85. The molecule has 0 fully saturated rings. The van der Waals surface area contributed by atoms with Crippen molar-refractivity contribution in [3.63, 3.8) is 0 Å². The van der Waals surface area contributed by atoms with Crippen LogP contribution in [0.4, 0.5) is 5.82 Å². The van der Waals surface area contributed by atoms with Crippen molar-refractivity contribution in [1.82, 2.24) is 15.5 Å². The Morgan fingerprint density at radius 1 is 1.21 bits per heavy atom. The van der Waals surface area contributed by atoms with Gasteiger partial charge in [0.2, 0.25) is 0 Å². The molecule has 1 aromatic rings. The van der Waals surface area contributed by atoms with E-state index >= 15 is 0 Å². The molecule has 0 saturated carbocycles. The zero-order chi connectivity index (χ0) is 14.3. The summed E-state index contributed by atoms with van der Waals surface area (Å²) in [5, 5.41) is 40.2. The van der Waals surface area contributed by atoms with Gasteiger partial charge in [-0.25, -0.2) is 0 Å². The second-order valence-electron chi connectivity index (χ2n) is 4.04. The highest BCUT2D eigenvalue weighted by atomic mass is 16.3. The third-order valence-corrected chi connectivity index (χ3v) is 2.54. The summed E-state index contributed by atoms with van der Waals surface area (Å²) in [5.41, 5.74) is -1.11. The number of hydrogen-bond donors (Lipinski definition) is 5. The number of carbonyl (C=O) groups excluding carboxylic acids is 1. The van der Waals surface area contributed by atoms with Crippen molar-refractivity contribution in [2.45, 2.75) is 12.5 Å². The van der Waals surface area contributed by atoms with Gasteiger partial charge in [-0.3, -0.25) is 4.79 Å². The van der Waals surface area contributed by atoms with Crippen LogP contribution < -0.4 is 10.6 Å². The topological polar surface area (TPSA) is 128 Å². The Morgan fingerprint density at radius 3 is 2.26 bits per heavy atom. The fraction of sp³-hybridized carbons (Fsp3) is 0.545. The lowest BCUT2D eigenvalue weighted by Gasteiger charge is -2.28. The largest absolute Gasteiger partial charge is 0.394 e. The molecule has 1 rings (SSSR count).